The summed E-state index contributed by atoms with van der Waals surface area (Å²) >= 11 is 0. The van der Waals surface area contributed by atoms with Crippen LogP contribution in [-0.4, -0.2) is 67.8 Å². The minimum atomic E-state index is -1.43. The largest absolute Gasteiger partial charge is 0.497 e. The Balaban J connectivity index is 2.58. The van der Waals surface area contributed by atoms with Crippen molar-refractivity contribution in [3.8, 4) is 5.75 Å². The molecule has 7 heteroatoms. The predicted octanol–water partition coefficient (Wildman–Crippen LogP) is 0.219. The molecule has 0 bridgehead atoms. The van der Waals surface area contributed by atoms with Crippen LogP contribution in [0.4, 0.5) is 0 Å². The molecule has 0 aliphatic carbocycles. The molecule has 2 rings (SSSR count). The number of rotatable bonds is 4. The summed E-state index contributed by atoms with van der Waals surface area (Å²) in [6.45, 7) is 0. The van der Waals surface area contributed by atoms with Crippen LogP contribution >= 0.6 is 0 Å². The van der Waals surface area contributed by atoms with Gasteiger partial charge in [0.2, 0.25) is 0 Å². The number of ether oxygens (including phenoxy) is 1. The van der Waals surface area contributed by atoms with E-state index in [0.717, 1.165) is 16.7 Å². The standard InChI is InChI=1S/C13H14B4N2O/c1-19(2)13(16,17)12(14,15)10-7-18-11-6-8(20-3)4-5-9(10)11/h4-7,18H,1-3H3. The molecule has 3 nitrogen and oxygen atoms in total. The summed E-state index contributed by atoms with van der Waals surface area (Å²) in [5.74, 6) is 0.741. The van der Waals surface area contributed by atoms with Crippen LogP contribution in [0.15, 0.2) is 24.4 Å². The fourth-order valence-electron chi connectivity index (χ4n) is 2.16. The summed E-state index contributed by atoms with van der Waals surface area (Å²) in [5, 5.41) is -1.97. The number of likely N-dealkylation sites (N-methyl/N-ethyl adjacent to an activating group) is 1. The molecule has 0 amide bonds. The van der Waals surface area contributed by atoms with Gasteiger partial charge in [-0.25, -0.2) is 0 Å². The molecule has 1 aromatic carbocycles. The first-order chi connectivity index (χ1) is 9.21. The average molecular weight is 258 g/mol. The van der Waals surface area contributed by atoms with Gasteiger partial charge in [0.25, 0.3) is 0 Å². The van der Waals surface area contributed by atoms with Crippen LogP contribution in [-0.2, 0) is 5.21 Å². The lowest BCUT2D eigenvalue weighted by molar-refractivity contribution is 0.310. The summed E-state index contributed by atoms with van der Waals surface area (Å²) in [6, 6.07) is 5.57. The van der Waals surface area contributed by atoms with Crippen LogP contribution in [0.5, 0.6) is 5.75 Å². The van der Waals surface area contributed by atoms with E-state index in [1.807, 2.05) is 18.2 Å². The van der Waals surface area contributed by atoms with Crippen molar-refractivity contribution in [3.05, 3.63) is 30.0 Å². The second kappa shape index (κ2) is 4.96. The molecule has 1 N–H and O–H groups in total. The van der Waals surface area contributed by atoms with Gasteiger partial charge >= 0.3 is 0 Å². The van der Waals surface area contributed by atoms with Crippen molar-refractivity contribution in [3.63, 3.8) is 0 Å². The highest BCUT2D eigenvalue weighted by atomic mass is 16.5. The van der Waals surface area contributed by atoms with Crippen molar-refractivity contribution in [2.24, 2.45) is 0 Å². The van der Waals surface area contributed by atoms with Gasteiger partial charge in [0.1, 0.15) is 5.75 Å². The van der Waals surface area contributed by atoms with Gasteiger partial charge in [-0.15, -0.1) is 0 Å². The Morgan fingerprint density at radius 3 is 2.35 bits per heavy atom. The highest BCUT2D eigenvalue weighted by molar-refractivity contribution is 6.54. The van der Waals surface area contributed by atoms with E-state index in [1.165, 1.54) is 0 Å². The number of methoxy groups -OCH3 is 1. The number of nitrogens with one attached hydrogen (secondary N) is 1. The number of fused-ring (bicyclic) bond motifs is 1. The van der Waals surface area contributed by atoms with E-state index in [2.05, 4.69) is 4.98 Å². The number of nitrogens with zero attached hydrogens (tertiary/aromatic N) is 1. The Kier molecular flexibility index (Phi) is 3.76. The number of H-pyrrole nitrogens is 1. The van der Waals surface area contributed by atoms with E-state index in [1.54, 1.807) is 32.3 Å². The van der Waals surface area contributed by atoms with Gasteiger partial charge in [-0.3, -0.25) is 0 Å². The molecular weight excluding hydrogens is 243 g/mol. The molecule has 94 valence electrons. The maximum atomic E-state index is 6.23. The molecule has 0 fully saturated rings. The lowest BCUT2D eigenvalue weighted by Gasteiger charge is -2.49. The molecule has 0 atom stereocenters. The molecule has 1 aromatic heterocycles. The van der Waals surface area contributed by atoms with Crippen LogP contribution < -0.4 is 4.74 Å². The number of hydrogen-bond acceptors (Lipinski definition) is 2. The van der Waals surface area contributed by atoms with Crippen molar-refractivity contribution < 1.29 is 4.74 Å². The topological polar surface area (TPSA) is 28.3 Å². The Bertz CT molecular complexity index is 622. The zero-order chi connectivity index (χ0) is 15.1. The van der Waals surface area contributed by atoms with Crippen molar-refractivity contribution in [1.29, 1.82) is 0 Å². The fourth-order valence-corrected chi connectivity index (χ4v) is 2.16. The molecule has 20 heavy (non-hydrogen) atoms. The normalized spacial score (nSPS) is 13.0. The SMILES string of the molecule is [B]C([B])(c1c[nH]c2cc(OC)ccc12)C([B])([B])N(C)C. The number of aromatic nitrogens is 1. The second-order valence-corrected chi connectivity index (χ2v) is 5.20. The summed E-state index contributed by atoms with van der Waals surface area (Å²) in [7, 11) is 29.7. The van der Waals surface area contributed by atoms with Crippen LogP contribution in [0.3, 0.4) is 0 Å². The lowest BCUT2D eigenvalue weighted by atomic mass is 9.31. The van der Waals surface area contributed by atoms with Gasteiger partial charge in [0.05, 0.1) is 38.5 Å². The lowest BCUT2D eigenvalue weighted by Crippen LogP contribution is -2.62. The molecule has 8 radical (unpaired) electrons. The minimum absolute atomic E-state index is 0.647. The molecule has 0 unspecified atom stereocenters. The van der Waals surface area contributed by atoms with Gasteiger partial charge in [-0.1, -0.05) is 10.6 Å². The third-order valence-corrected chi connectivity index (χ3v) is 3.74. The quantitative estimate of drug-likeness (QED) is 0.794. The maximum Gasteiger partial charge on any atom is 0.120 e. The zero-order valence-electron chi connectivity index (χ0n) is 12.0. The Labute approximate surface area is 125 Å². The van der Waals surface area contributed by atoms with Gasteiger partial charge in [0.15, 0.2) is 0 Å². The minimum Gasteiger partial charge on any atom is -0.497 e. The molecular formula is C13H14B4N2O. The second-order valence-electron chi connectivity index (χ2n) is 5.20. The molecule has 0 saturated heterocycles. The van der Waals surface area contributed by atoms with Crippen LogP contribution in [0.2, 0.25) is 0 Å². The van der Waals surface area contributed by atoms with Gasteiger partial charge in [-0.2, -0.15) is 0 Å². The highest BCUT2D eigenvalue weighted by Crippen LogP contribution is 2.34. The van der Waals surface area contributed by atoms with Crippen LogP contribution in [0.25, 0.3) is 10.9 Å². The third-order valence-electron chi connectivity index (χ3n) is 3.74. The van der Waals surface area contributed by atoms with E-state index >= 15 is 0 Å². The zero-order valence-corrected chi connectivity index (χ0v) is 12.0. The summed E-state index contributed by atoms with van der Waals surface area (Å²) in [4.78, 5) is 4.70. The van der Waals surface area contributed by atoms with E-state index in [4.69, 9.17) is 36.1 Å². The van der Waals surface area contributed by atoms with E-state index in [0.29, 0.717) is 5.56 Å². The predicted molar refractivity (Wildman–Crippen MR) is 86.0 cm³/mol. The molecule has 2 aromatic rings. The molecule has 1 heterocycles. The van der Waals surface area contributed by atoms with E-state index in [9.17, 15) is 0 Å². The average Bonchev–Trinajstić information content (AvgIpc) is 2.81. The molecule has 0 spiro atoms. The number of hydrogen-bond donors (Lipinski definition) is 1. The van der Waals surface area contributed by atoms with E-state index < -0.39 is 10.6 Å². The summed E-state index contributed by atoms with van der Waals surface area (Å²) in [6.07, 6.45) is 1.72. The maximum absolute atomic E-state index is 6.23. The smallest absolute Gasteiger partial charge is 0.120 e. The first-order valence-electron chi connectivity index (χ1n) is 6.20. The molecule has 0 aliphatic rings. The Hall–Kier alpha value is -1.22. The van der Waals surface area contributed by atoms with E-state index in [-0.39, 0.29) is 0 Å². The van der Waals surface area contributed by atoms with Crippen molar-refractivity contribution in [2.45, 2.75) is 10.6 Å². The van der Waals surface area contributed by atoms with Crippen molar-refractivity contribution >= 4 is 42.3 Å². The monoisotopic (exact) mass is 258 g/mol. The summed E-state index contributed by atoms with van der Waals surface area (Å²) in [5.41, 5.74) is 1.50. The summed E-state index contributed by atoms with van der Waals surface area (Å²) < 4.78 is 5.18. The van der Waals surface area contributed by atoms with Gasteiger partial charge in [0, 0.05) is 23.2 Å². The van der Waals surface area contributed by atoms with Crippen molar-refractivity contribution in [2.75, 3.05) is 21.2 Å². The Morgan fingerprint density at radius 1 is 1.15 bits per heavy atom. The molecule has 0 aliphatic heterocycles. The third kappa shape index (κ3) is 2.18. The first-order valence-corrected chi connectivity index (χ1v) is 6.20. The first kappa shape index (κ1) is 15.2. The number of aromatic amines is 1. The highest BCUT2D eigenvalue weighted by Gasteiger charge is 2.39. The van der Waals surface area contributed by atoms with Gasteiger partial charge < -0.3 is 14.6 Å². The van der Waals surface area contributed by atoms with Crippen molar-refractivity contribution in [1.82, 2.24) is 9.88 Å². The van der Waals surface area contributed by atoms with Crippen LogP contribution in [0, 0.1) is 0 Å². The molecule has 0 saturated carbocycles. The Morgan fingerprint density at radius 2 is 1.80 bits per heavy atom. The number of benzene rings is 1. The van der Waals surface area contributed by atoms with Gasteiger partial charge in [-0.05, 0) is 31.8 Å². The fraction of sp³-hybridized carbons (Fsp3) is 0.385. The van der Waals surface area contributed by atoms with Crippen LogP contribution in [0.1, 0.15) is 5.56 Å².